The van der Waals surface area contributed by atoms with Crippen LogP contribution in [0.1, 0.15) is 413 Å². The van der Waals surface area contributed by atoms with Gasteiger partial charge in [0.25, 0.3) is 0 Å². The summed E-state index contributed by atoms with van der Waals surface area (Å²) in [5.41, 5.74) is 0. The summed E-state index contributed by atoms with van der Waals surface area (Å²) in [6, 6.07) is -0.910. The van der Waals surface area contributed by atoms with Crippen LogP contribution < -0.4 is 10.6 Å². The van der Waals surface area contributed by atoms with Crippen LogP contribution in [0.15, 0.2) is 24.3 Å². The van der Waals surface area contributed by atoms with Crippen molar-refractivity contribution in [2.75, 3.05) is 13.2 Å². The number of allylic oxidation sites excluding steroid dienone is 3. The maximum absolute atomic E-state index is 12.8. The van der Waals surface area contributed by atoms with Gasteiger partial charge in [0.1, 0.15) is 6.10 Å². The molecule has 0 rings (SSSR count). The zero-order chi connectivity index (χ0) is 62.7. The highest BCUT2D eigenvalue weighted by Gasteiger charge is 2.24. The van der Waals surface area contributed by atoms with Gasteiger partial charge in [-0.2, -0.15) is 0 Å². The molecule has 0 saturated heterocycles. The van der Waals surface area contributed by atoms with Gasteiger partial charge in [0, 0.05) is 6.42 Å². The average molecular weight is 1210 g/mol. The number of amides is 2. The lowest BCUT2D eigenvalue weighted by molar-refractivity contribution is -0.131. The standard InChI is InChI=1S/C78H152N2O6/c1-5-9-12-15-17-19-21-23-24-25-26-27-28-29-30-32-34-40-44-53-60-68-77(85)79-73(69-81)65-57-50-42-38-36-35-37-41-48-55-62-71(61-8-4)72(63-54-47-14-11-7-3)64-56-49-45-46-52-59-67-76(84)78(86)80-74(70-82)75(83)66-58-51-43-39-33-31-22-20-18-16-13-10-6-2/h23-24,50,57,71-76,81-84H,5-22,25-49,51-56,58-70H2,1-4H3,(H,79,85)(H,80,86)/b24-23-,57-50+/t71?,72?,73-,74+,75-,76?/m1/s1. The molecule has 2 amide bonds. The van der Waals surface area contributed by atoms with E-state index in [1.807, 2.05) is 0 Å². The van der Waals surface area contributed by atoms with Gasteiger partial charge in [-0.25, -0.2) is 0 Å². The summed E-state index contributed by atoms with van der Waals surface area (Å²) in [7, 11) is 0. The fourth-order valence-electron chi connectivity index (χ4n) is 13.1. The number of rotatable bonds is 71. The Morgan fingerprint density at radius 1 is 0.326 bits per heavy atom. The van der Waals surface area contributed by atoms with Crippen molar-refractivity contribution >= 4 is 11.8 Å². The second-order valence-electron chi connectivity index (χ2n) is 27.3. The zero-order valence-corrected chi connectivity index (χ0v) is 58.2. The summed E-state index contributed by atoms with van der Waals surface area (Å²) in [4.78, 5) is 25.4. The summed E-state index contributed by atoms with van der Waals surface area (Å²) in [6.45, 7) is 8.91. The van der Waals surface area contributed by atoms with Crippen molar-refractivity contribution in [1.29, 1.82) is 0 Å². The second kappa shape index (κ2) is 69.2. The first-order chi connectivity index (χ1) is 42.3. The number of carbonyl (C=O) groups is 2. The maximum atomic E-state index is 12.8. The van der Waals surface area contributed by atoms with Crippen molar-refractivity contribution in [3.63, 3.8) is 0 Å². The summed E-state index contributed by atoms with van der Waals surface area (Å²) in [6.07, 6.45) is 81.6. The second-order valence-corrected chi connectivity index (χ2v) is 27.3. The van der Waals surface area contributed by atoms with E-state index < -0.39 is 24.2 Å². The number of unbranched alkanes of at least 4 members (excludes halogenated alkanes) is 45. The largest absolute Gasteiger partial charge is 0.394 e. The zero-order valence-electron chi connectivity index (χ0n) is 58.2. The number of carbonyl (C=O) groups excluding carboxylic acids is 2. The molecule has 0 aromatic rings. The van der Waals surface area contributed by atoms with E-state index in [-0.39, 0.29) is 25.2 Å². The Kier molecular flexibility index (Phi) is 67.8. The first-order valence-electron chi connectivity index (χ1n) is 38.7. The van der Waals surface area contributed by atoms with Gasteiger partial charge in [-0.1, -0.05) is 367 Å². The molecular formula is C78H152N2O6. The number of hydrogen-bond donors (Lipinski definition) is 6. The first kappa shape index (κ1) is 84.3. The summed E-state index contributed by atoms with van der Waals surface area (Å²) < 4.78 is 0. The number of nitrogens with one attached hydrogen (secondary N) is 2. The van der Waals surface area contributed by atoms with Crippen molar-refractivity contribution in [3.05, 3.63) is 24.3 Å². The summed E-state index contributed by atoms with van der Waals surface area (Å²) in [5, 5.41) is 47.0. The Labute approximate surface area is 536 Å². The van der Waals surface area contributed by atoms with Gasteiger partial charge in [-0.05, 0) is 76.0 Å². The molecule has 8 heteroatoms. The molecule has 6 atom stereocenters. The van der Waals surface area contributed by atoms with Crippen LogP contribution in [0.4, 0.5) is 0 Å². The lowest BCUT2D eigenvalue weighted by atomic mass is 9.78. The maximum Gasteiger partial charge on any atom is 0.249 e. The van der Waals surface area contributed by atoms with Gasteiger partial charge in [-0.3, -0.25) is 9.59 Å². The minimum atomic E-state index is -1.10. The monoisotopic (exact) mass is 1210 g/mol. The van der Waals surface area contributed by atoms with E-state index in [0.29, 0.717) is 25.7 Å². The molecule has 0 heterocycles. The molecule has 0 aliphatic carbocycles. The molecule has 0 aromatic heterocycles. The lowest BCUT2D eigenvalue weighted by Gasteiger charge is -2.28. The van der Waals surface area contributed by atoms with Crippen LogP contribution in [0.25, 0.3) is 0 Å². The van der Waals surface area contributed by atoms with Crippen molar-refractivity contribution in [2.24, 2.45) is 11.8 Å². The minimum Gasteiger partial charge on any atom is -0.394 e. The van der Waals surface area contributed by atoms with Crippen molar-refractivity contribution in [2.45, 2.75) is 437 Å². The van der Waals surface area contributed by atoms with Gasteiger partial charge in [0.2, 0.25) is 11.8 Å². The Balaban J connectivity index is 4.20. The molecule has 0 aromatic carbocycles. The first-order valence-corrected chi connectivity index (χ1v) is 38.7. The number of hydrogen-bond acceptors (Lipinski definition) is 6. The number of aliphatic hydroxyl groups is 4. The van der Waals surface area contributed by atoms with E-state index >= 15 is 0 Å². The molecule has 3 unspecified atom stereocenters. The average Bonchev–Trinajstić information content (AvgIpc) is 3.55. The smallest absolute Gasteiger partial charge is 0.249 e. The van der Waals surface area contributed by atoms with E-state index in [1.165, 1.54) is 308 Å². The fourth-order valence-corrected chi connectivity index (χ4v) is 13.1. The third kappa shape index (κ3) is 58.6. The molecule has 0 aliphatic rings. The highest BCUT2D eigenvalue weighted by Crippen LogP contribution is 2.33. The molecule has 0 bridgehead atoms. The molecule has 6 N–H and O–H groups in total. The fraction of sp³-hybridized carbons (Fsp3) is 0.923. The highest BCUT2D eigenvalue weighted by atomic mass is 16.3. The Hall–Kier alpha value is -1.74. The normalized spacial score (nSPS) is 14.1. The molecule has 0 fully saturated rings. The van der Waals surface area contributed by atoms with Crippen molar-refractivity contribution < 1.29 is 30.0 Å². The molecule has 0 spiro atoms. The van der Waals surface area contributed by atoms with Crippen LogP contribution in [0.3, 0.4) is 0 Å². The summed E-state index contributed by atoms with van der Waals surface area (Å²) >= 11 is 0. The topological polar surface area (TPSA) is 139 Å². The van der Waals surface area contributed by atoms with Gasteiger partial charge in [-0.15, -0.1) is 0 Å². The van der Waals surface area contributed by atoms with E-state index in [4.69, 9.17) is 0 Å². The SMILES string of the molecule is CCCCCCCC/C=C\CCCCCCCCCCCCCC(=O)N[C@@H](CO)C/C=C/CCCCCCCCCC(CCC)C(CCCCCCC)CCCCCCCCC(O)C(=O)N[C@@H](CO)[C@H](O)CCCCCCCCCCCCCCC. The van der Waals surface area contributed by atoms with Crippen molar-refractivity contribution in [3.8, 4) is 0 Å². The molecule has 0 saturated carbocycles. The van der Waals surface area contributed by atoms with Gasteiger partial charge in [0.05, 0.1) is 31.4 Å². The summed E-state index contributed by atoms with van der Waals surface area (Å²) in [5.74, 6) is 1.31. The lowest BCUT2D eigenvalue weighted by Crippen LogP contribution is -2.49. The van der Waals surface area contributed by atoms with Crippen LogP contribution in [-0.4, -0.2) is 69.7 Å². The quantitative estimate of drug-likeness (QED) is 0.0265. The van der Waals surface area contributed by atoms with Gasteiger partial charge in [0.15, 0.2) is 0 Å². The third-order valence-corrected chi connectivity index (χ3v) is 19.0. The van der Waals surface area contributed by atoms with Crippen LogP contribution in [0.5, 0.6) is 0 Å². The Morgan fingerprint density at radius 2 is 0.640 bits per heavy atom. The van der Waals surface area contributed by atoms with Gasteiger partial charge >= 0.3 is 0 Å². The van der Waals surface area contributed by atoms with Crippen molar-refractivity contribution in [1.82, 2.24) is 10.6 Å². The van der Waals surface area contributed by atoms with E-state index in [0.717, 1.165) is 63.2 Å². The number of aliphatic hydroxyl groups excluding tert-OH is 4. The Bertz CT molecular complexity index is 1420. The van der Waals surface area contributed by atoms with E-state index in [2.05, 4.69) is 62.6 Å². The molecular weight excluding hydrogens is 1060 g/mol. The molecule has 0 radical (unpaired) electrons. The predicted octanol–water partition coefficient (Wildman–Crippen LogP) is 22.5. The highest BCUT2D eigenvalue weighted by molar-refractivity contribution is 5.80. The van der Waals surface area contributed by atoms with Crippen LogP contribution >= 0.6 is 0 Å². The van der Waals surface area contributed by atoms with E-state index in [1.54, 1.807) is 0 Å². The van der Waals surface area contributed by atoms with E-state index in [9.17, 15) is 30.0 Å². The molecule has 510 valence electrons. The van der Waals surface area contributed by atoms with Crippen LogP contribution in [-0.2, 0) is 9.59 Å². The minimum absolute atomic E-state index is 0.00622. The van der Waals surface area contributed by atoms with Crippen LogP contribution in [0, 0.1) is 11.8 Å². The third-order valence-electron chi connectivity index (χ3n) is 19.0. The van der Waals surface area contributed by atoms with Gasteiger partial charge < -0.3 is 31.1 Å². The van der Waals surface area contributed by atoms with Crippen LogP contribution in [0.2, 0.25) is 0 Å². The molecule has 86 heavy (non-hydrogen) atoms. The molecule has 0 aliphatic heterocycles. The predicted molar refractivity (Wildman–Crippen MR) is 375 cm³/mol. The molecule has 8 nitrogen and oxygen atoms in total. The Morgan fingerprint density at radius 3 is 1.00 bits per heavy atom.